The van der Waals surface area contributed by atoms with Gasteiger partial charge in [0.1, 0.15) is 5.69 Å². The molecule has 1 aromatic heterocycles. The number of aromatic nitrogens is 2. The Bertz CT molecular complexity index is 296. The SMILES string of the molecule is CCCSc1nc(Cl)c(NC)c(Cl)n1. The molecule has 0 aromatic carbocycles. The highest BCUT2D eigenvalue weighted by Crippen LogP contribution is 2.29. The van der Waals surface area contributed by atoms with Crippen molar-refractivity contribution in [3.05, 3.63) is 10.3 Å². The van der Waals surface area contributed by atoms with Crippen LogP contribution in [0.3, 0.4) is 0 Å². The van der Waals surface area contributed by atoms with Crippen LogP contribution < -0.4 is 5.32 Å². The molecule has 0 atom stereocenters. The van der Waals surface area contributed by atoms with Crippen LogP contribution in [0, 0.1) is 0 Å². The van der Waals surface area contributed by atoms with Crippen molar-refractivity contribution in [1.29, 1.82) is 0 Å². The molecule has 0 amide bonds. The van der Waals surface area contributed by atoms with Crippen LogP contribution in [0.1, 0.15) is 13.3 Å². The molecule has 1 heterocycles. The number of hydrogen-bond acceptors (Lipinski definition) is 4. The van der Waals surface area contributed by atoms with Crippen molar-refractivity contribution < 1.29 is 0 Å². The maximum atomic E-state index is 5.90. The Balaban J connectivity index is 2.90. The number of anilines is 1. The molecule has 14 heavy (non-hydrogen) atoms. The van der Waals surface area contributed by atoms with Gasteiger partial charge in [0, 0.05) is 12.8 Å². The van der Waals surface area contributed by atoms with Crippen molar-refractivity contribution in [1.82, 2.24) is 9.97 Å². The van der Waals surface area contributed by atoms with E-state index in [9.17, 15) is 0 Å². The Morgan fingerprint density at radius 1 is 1.29 bits per heavy atom. The van der Waals surface area contributed by atoms with Gasteiger partial charge >= 0.3 is 0 Å². The second-order valence-electron chi connectivity index (χ2n) is 2.56. The third-order valence-corrected chi connectivity index (χ3v) is 3.09. The second-order valence-corrected chi connectivity index (χ2v) is 4.34. The highest BCUT2D eigenvalue weighted by molar-refractivity contribution is 7.99. The van der Waals surface area contributed by atoms with Gasteiger partial charge in [-0.3, -0.25) is 0 Å². The van der Waals surface area contributed by atoms with Crippen molar-refractivity contribution in [2.24, 2.45) is 0 Å². The Hall–Kier alpha value is -0.190. The lowest BCUT2D eigenvalue weighted by molar-refractivity contribution is 0.963. The summed E-state index contributed by atoms with van der Waals surface area (Å²) in [5.41, 5.74) is 0.578. The molecule has 78 valence electrons. The second kappa shape index (κ2) is 5.63. The maximum absolute atomic E-state index is 5.90. The van der Waals surface area contributed by atoms with E-state index in [1.165, 1.54) is 0 Å². The normalized spacial score (nSPS) is 10.3. The highest BCUT2D eigenvalue weighted by Gasteiger charge is 2.09. The molecule has 3 nitrogen and oxygen atoms in total. The minimum absolute atomic E-state index is 0.367. The Morgan fingerprint density at radius 3 is 2.29 bits per heavy atom. The summed E-state index contributed by atoms with van der Waals surface area (Å²) in [7, 11) is 1.73. The van der Waals surface area contributed by atoms with Crippen LogP contribution in [-0.4, -0.2) is 22.8 Å². The van der Waals surface area contributed by atoms with Crippen LogP contribution in [-0.2, 0) is 0 Å². The van der Waals surface area contributed by atoms with Crippen molar-refractivity contribution in [3.63, 3.8) is 0 Å². The molecular formula is C8H11Cl2N3S. The average molecular weight is 252 g/mol. The van der Waals surface area contributed by atoms with E-state index >= 15 is 0 Å². The van der Waals surface area contributed by atoms with E-state index in [1.807, 2.05) is 0 Å². The van der Waals surface area contributed by atoms with Gasteiger partial charge in [0.05, 0.1) is 0 Å². The maximum Gasteiger partial charge on any atom is 0.190 e. The van der Waals surface area contributed by atoms with Crippen LogP contribution in [0.25, 0.3) is 0 Å². The van der Waals surface area contributed by atoms with Gasteiger partial charge < -0.3 is 5.32 Å². The summed E-state index contributed by atoms with van der Waals surface area (Å²) in [4.78, 5) is 8.23. The molecule has 0 aliphatic heterocycles. The topological polar surface area (TPSA) is 37.8 Å². The predicted molar refractivity (Wildman–Crippen MR) is 62.6 cm³/mol. The van der Waals surface area contributed by atoms with Gasteiger partial charge in [-0.1, -0.05) is 41.9 Å². The first-order chi connectivity index (χ1) is 6.69. The summed E-state index contributed by atoms with van der Waals surface area (Å²) in [6, 6.07) is 0. The zero-order valence-electron chi connectivity index (χ0n) is 7.97. The molecule has 0 radical (unpaired) electrons. The standard InChI is InChI=1S/C8H11Cl2N3S/c1-3-4-14-8-12-6(9)5(11-2)7(10)13-8/h11H,3-4H2,1-2H3. The van der Waals surface area contributed by atoms with Crippen LogP contribution in [0.5, 0.6) is 0 Å². The summed E-state index contributed by atoms with van der Waals surface area (Å²) in [5, 5.41) is 4.21. The largest absolute Gasteiger partial charge is 0.383 e. The lowest BCUT2D eigenvalue weighted by Crippen LogP contribution is -1.97. The molecular weight excluding hydrogens is 241 g/mol. The van der Waals surface area contributed by atoms with Gasteiger partial charge in [-0.15, -0.1) is 0 Å². The molecule has 0 spiro atoms. The molecule has 0 fully saturated rings. The molecule has 6 heteroatoms. The predicted octanol–water partition coefficient (Wildman–Crippen LogP) is 3.33. The van der Waals surface area contributed by atoms with E-state index < -0.39 is 0 Å². The highest BCUT2D eigenvalue weighted by atomic mass is 35.5. The van der Waals surface area contributed by atoms with Gasteiger partial charge in [0.2, 0.25) is 0 Å². The van der Waals surface area contributed by atoms with Crippen LogP contribution in [0.4, 0.5) is 5.69 Å². The van der Waals surface area contributed by atoms with E-state index in [2.05, 4.69) is 22.2 Å². The number of nitrogens with zero attached hydrogens (tertiary/aromatic N) is 2. The molecule has 0 saturated carbocycles. The lowest BCUT2D eigenvalue weighted by atomic mass is 10.5. The lowest BCUT2D eigenvalue weighted by Gasteiger charge is -2.06. The van der Waals surface area contributed by atoms with Gasteiger partial charge in [0.25, 0.3) is 0 Å². The fraction of sp³-hybridized carbons (Fsp3) is 0.500. The number of hydrogen-bond donors (Lipinski definition) is 1. The third-order valence-electron chi connectivity index (χ3n) is 1.49. The monoisotopic (exact) mass is 251 g/mol. The summed E-state index contributed by atoms with van der Waals surface area (Å²) >= 11 is 13.4. The smallest absolute Gasteiger partial charge is 0.190 e. The van der Waals surface area contributed by atoms with E-state index in [4.69, 9.17) is 23.2 Å². The Labute approximate surface area is 97.6 Å². The fourth-order valence-electron chi connectivity index (χ4n) is 0.854. The number of rotatable bonds is 4. The molecule has 1 aromatic rings. The van der Waals surface area contributed by atoms with Crippen LogP contribution >= 0.6 is 35.0 Å². The third kappa shape index (κ3) is 2.90. The van der Waals surface area contributed by atoms with Crippen LogP contribution in [0.15, 0.2) is 5.16 Å². The van der Waals surface area contributed by atoms with E-state index in [0.717, 1.165) is 12.2 Å². The molecule has 0 bridgehead atoms. The molecule has 0 aliphatic carbocycles. The number of thioether (sulfide) groups is 1. The molecule has 0 unspecified atom stereocenters. The van der Waals surface area contributed by atoms with E-state index in [0.29, 0.717) is 21.2 Å². The van der Waals surface area contributed by atoms with Crippen molar-refractivity contribution in [3.8, 4) is 0 Å². The number of nitrogens with one attached hydrogen (secondary N) is 1. The van der Waals surface area contributed by atoms with Crippen LogP contribution in [0.2, 0.25) is 10.3 Å². The van der Waals surface area contributed by atoms with Crippen molar-refractivity contribution in [2.75, 3.05) is 18.1 Å². The average Bonchev–Trinajstić information content (AvgIpc) is 2.14. The first-order valence-corrected chi connectivity index (χ1v) is 5.96. The van der Waals surface area contributed by atoms with Gasteiger partial charge in [-0.05, 0) is 6.42 Å². The minimum Gasteiger partial charge on any atom is -0.383 e. The Kier molecular flexibility index (Phi) is 4.78. The van der Waals surface area contributed by atoms with Gasteiger partial charge in [-0.2, -0.15) is 0 Å². The van der Waals surface area contributed by atoms with Gasteiger partial charge in [-0.25, -0.2) is 9.97 Å². The van der Waals surface area contributed by atoms with E-state index in [1.54, 1.807) is 18.8 Å². The zero-order valence-corrected chi connectivity index (χ0v) is 10.3. The first kappa shape index (κ1) is 11.9. The Morgan fingerprint density at radius 2 is 1.86 bits per heavy atom. The van der Waals surface area contributed by atoms with Crippen molar-refractivity contribution in [2.45, 2.75) is 18.5 Å². The summed E-state index contributed by atoms with van der Waals surface area (Å²) in [6.07, 6.45) is 1.07. The molecule has 1 N–H and O–H groups in total. The van der Waals surface area contributed by atoms with Gasteiger partial charge in [0.15, 0.2) is 15.5 Å². The van der Waals surface area contributed by atoms with E-state index in [-0.39, 0.29) is 0 Å². The quantitative estimate of drug-likeness (QED) is 0.506. The zero-order chi connectivity index (χ0) is 10.6. The molecule has 1 rings (SSSR count). The van der Waals surface area contributed by atoms with Crippen molar-refractivity contribution >= 4 is 40.7 Å². The fourth-order valence-corrected chi connectivity index (χ4v) is 2.23. The molecule has 0 saturated heterocycles. The molecule has 0 aliphatic rings. The summed E-state index contributed by atoms with van der Waals surface area (Å²) in [5.74, 6) is 0.964. The summed E-state index contributed by atoms with van der Waals surface area (Å²) in [6.45, 7) is 2.10. The summed E-state index contributed by atoms with van der Waals surface area (Å²) < 4.78 is 0. The minimum atomic E-state index is 0.367. The number of halogens is 2. The first-order valence-electron chi connectivity index (χ1n) is 4.22.